The number of aromatic nitrogens is 1. The summed E-state index contributed by atoms with van der Waals surface area (Å²) in [4.78, 5) is 26.4. The largest absolute Gasteiger partial charge is 0.348 e. The molecule has 0 aliphatic heterocycles. The van der Waals surface area contributed by atoms with E-state index in [1.807, 2.05) is 57.3 Å². The van der Waals surface area contributed by atoms with Gasteiger partial charge in [0.05, 0.1) is 10.9 Å². The van der Waals surface area contributed by atoms with E-state index < -0.39 is 0 Å². The van der Waals surface area contributed by atoms with Crippen molar-refractivity contribution < 1.29 is 4.79 Å². The maximum atomic E-state index is 12.8. The first-order chi connectivity index (χ1) is 12.0. The second-order valence-corrected chi connectivity index (χ2v) is 7.51. The van der Waals surface area contributed by atoms with Gasteiger partial charge in [0.25, 0.3) is 11.5 Å². The molecule has 0 spiro atoms. The summed E-state index contributed by atoms with van der Waals surface area (Å²) in [6, 6.07) is 9.98. The van der Waals surface area contributed by atoms with Crippen molar-refractivity contribution in [3.8, 4) is 0 Å². The second-order valence-electron chi connectivity index (χ2n) is 6.26. The third-order valence-electron chi connectivity index (χ3n) is 4.26. The Labute approximate surface area is 151 Å². The maximum absolute atomic E-state index is 12.8. The molecule has 0 fully saturated rings. The maximum Gasteiger partial charge on any atom is 0.260 e. The highest BCUT2D eigenvalue weighted by Crippen LogP contribution is 2.28. The number of nitrogens with zero attached hydrogens (tertiary/aromatic N) is 1. The molecule has 0 unspecified atom stereocenters. The van der Waals surface area contributed by atoms with Crippen LogP contribution in [0.25, 0.3) is 10.1 Å². The van der Waals surface area contributed by atoms with E-state index in [4.69, 9.17) is 0 Å². The third-order valence-corrected chi connectivity index (χ3v) is 5.33. The Kier molecular flexibility index (Phi) is 5.04. The lowest BCUT2D eigenvalue weighted by Crippen LogP contribution is -2.26. The predicted molar refractivity (Wildman–Crippen MR) is 103 cm³/mol. The van der Waals surface area contributed by atoms with Crippen molar-refractivity contribution in [2.75, 3.05) is 0 Å². The van der Waals surface area contributed by atoms with E-state index in [1.54, 1.807) is 4.57 Å². The number of carbonyl (C=O) groups excluding carboxylic acids is 1. The molecule has 0 atom stereocenters. The van der Waals surface area contributed by atoms with Crippen molar-refractivity contribution in [3.05, 3.63) is 68.4 Å². The number of carbonyl (C=O) groups is 1. The monoisotopic (exact) mass is 354 g/mol. The fourth-order valence-corrected chi connectivity index (χ4v) is 3.98. The normalized spacial score (nSPS) is 11.0. The van der Waals surface area contributed by atoms with Gasteiger partial charge in [-0.3, -0.25) is 9.59 Å². The first kappa shape index (κ1) is 17.4. The summed E-state index contributed by atoms with van der Waals surface area (Å²) in [5.74, 6) is -0.185. The van der Waals surface area contributed by atoms with Gasteiger partial charge in [-0.05, 0) is 31.9 Å². The van der Waals surface area contributed by atoms with Gasteiger partial charge in [0.2, 0.25) is 0 Å². The molecule has 0 aliphatic carbocycles. The Morgan fingerprint density at radius 3 is 2.56 bits per heavy atom. The molecule has 1 aromatic carbocycles. The van der Waals surface area contributed by atoms with Gasteiger partial charge in [0.15, 0.2) is 0 Å². The molecule has 0 bridgehead atoms. The van der Waals surface area contributed by atoms with Crippen LogP contribution >= 0.6 is 11.3 Å². The van der Waals surface area contributed by atoms with E-state index in [1.165, 1.54) is 16.9 Å². The molecule has 2 heterocycles. The van der Waals surface area contributed by atoms with Gasteiger partial charge in [-0.15, -0.1) is 11.3 Å². The number of nitrogens with one attached hydrogen (secondary N) is 1. The lowest BCUT2D eigenvalue weighted by Gasteiger charge is -2.07. The molecular formula is C20H22N2O2S. The van der Waals surface area contributed by atoms with Crippen molar-refractivity contribution in [3.63, 3.8) is 0 Å². The van der Waals surface area contributed by atoms with Crippen LogP contribution in [-0.4, -0.2) is 10.5 Å². The summed E-state index contributed by atoms with van der Waals surface area (Å²) in [7, 11) is 0. The third kappa shape index (κ3) is 3.51. The molecule has 3 rings (SSSR count). The summed E-state index contributed by atoms with van der Waals surface area (Å²) in [6.07, 6.45) is 2.70. The molecule has 0 saturated carbocycles. The Balaban J connectivity index is 1.92. The lowest BCUT2D eigenvalue weighted by molar-refractivity contribution is 0.0952. The molecule has 0 radical (unpaired) electrons. The quantitative estimate of drug-likeness (QED) is 0.752. The molecule has 1 amide bonds. The Morgan fingerprint density at radius 2 is 1.88 bits per heavy atom. The highest BCUT2D eigenvalue weighted by Gasteiger charge is 2.19. The van der Waals surface area contributed by atoms with Gasteiger partial charge < -0.3 is 9.88 Å². The van der Waals surface area contributed by atoms with Crippen LogP contribution in [-0.2, 0) is 13.1 Å². The van der Waals surface area contributed by atoms with E-state index >= 15 is 0 Å². The average molecular weight is 354 g/mol. The summed E-state index contributed by atoms with van der Waals surface area (Å²) in [6.45, 7) is 7.07. The van der Waals surface area contributed by atoms with Crippen molar-refractivity contribution in [1.29, 1.82) is 0 Å². The van der Waals surface area contributed by atoms with Crippen LogP contribution in [0.15, 0.2) is 41.3 Å². The van der Waals surface area contributed by atoms with Crippen molar-refractivity contribution in [2.24, 2.45) is 0 Å². The van der Waals surface area contributed by atoms with Gasteiger partial charge in [0.1, 0.15) is 0 Å². The predicted octanol–water partition coefficient (Wildman–Crippen LogP) is 4.02. The Hall–Kier alpha value is -2.40. The topological polar surface area (TPSA) is 51.1 Å². The zero-order valence-corrected chi connectivity index (χ0v) is 15.6. The molecule has 4 nitrogen and oxygen atoms in total. The fourth-order valence-electron chi connectivity index (χ4n) is 2.93. The summed E-state index contributed by atoms with van der Waals surface area (Å²) < 4.78 is 2.56. The highest BCUT2D eigenvalue weighted by molar-refractivity contribution is 7.19. The molecule has 0 saturated heterocycles. The number of hydrogen-bond acceptors (Lipinski definition) is 3. The summed E-state index contributed by atoms with van der Waals surface area (Å²) in [5, 5.41) is 3.49. The zero-order chi connectivity index (χ0) is 18.0. The summed E-state index contributed by atoms with van der Waals surface area (Å²) >= 11 is 1.50. The van der Waals surface area contributed by atoms with E-state index in [0.717, 1.165) is 21.6 Å². The smallest absolute Gasteiger partial charge is 0.260 e. The van der Waals surface area contributed by atoms with Crippen LogP contribution in [0.3, 0.4) is 0 Å². The van der Waals surface area contributed by atoms with Gasteiger partial charge in [-0.1, -0.05) is 36.8 Å². The molecule has 25 heavy (non-hydrogen) atoms. The molecule has 2 aromatic heterocycles. The van der Waals surface area contributed by atoms with Gasteiger partial charge in [-0.2, -0.15) is 0 Å². The number of benzene rings is 1. The molecular weight excluding hydrogens is 332 g/mol. The first-order valence-corrected chi connectivity index (χ1v) is 9.29. The van der Waals surface area contributed by atoms with Crippen LogP contribution in [0, 0.1) is 13.8 Å². The number of pyridine rings is 1. The van der Waals surface area contributed by atoms with Gasteiger partial charge in [-0.25, -0.2) is 0 Å². The molecule has 3 aromatic rings. The van der Waals surface area contributed by atoms with Crippen LogP contribution in [0.1, 0.15) is 39.7 Å². The molecule has 1 N–H and O–H groups in total. The number of amides is 1. The van der Waals surface area contributed by atoms with Crippen LogP contribution in [0.2, 0.25) is 0 Å². The standard InChI is InChI=1S/C20H22N2O2S/c1-4-10-22-11-9-16-18(20(22)24)17(14(3)25-16)19(23)21-12-15-7-5-13(2)6-8-15/h5-9,11H,4,10,12H2,1-3H3,(H,21,23). The average Bonchev–Trinajstić information content (AvgIpc) is 2.94. The number of fused-ring (bicyclic) bond motifs is 1. The number of rotatable bonds is 5. The Morgan fingerprint density at radius 1 is 1.16 bits per heavy atom. The lowest BCUT2D eigenvalue weighted by atomic mass is 10.1. The van der Waals surface area contributed by atoms with E-state index in [0.29, 0.717) is 24.0 Å². The SMILES string of the molecule is CCCn1ccc2sc(C)c(C(=O)NCc3ccc(C)cc3)c2c1=O. The van der Waals surface area contributed by atoms with E-state index in [9.17, 15) is 9.59 Å². The second kappa shape index (κ2) is 7.23. The molecule has 130 valence electrons. The minimum Gasteiger partial charge on any atom is -0.348 e. The fraction of sp³-hybridized carbons (Fsp3) is 0.300. The molecule has 5 heteroatoms. The highest BCUT2D eigenvalue weighted by atomic mass is 32.1. The van der Waals surface area contributed by atoms with Crippen molar-refractivity contribution >= 4 is 27.3 Å². The van der Waals surface area contributed by atoms with Gasteiger partial charge >= 0.3 is 0 Å². The van der Waals surface area contributed by atoms with Crippen molar-refractivity contribution in [2.45, 2.75) is 40.3 Å². The minimum absolute atomic E-state index is 0.0795. The van der Waals surface area contributed by atoms with Gasteiger partial charge in [0, 0.05) is 28.9 Å². The van der Waals surface area contributed by atoms with Crippen LogP contribution in [0.5, 0.6) is 0 Å². The van der Waals surface area contributed by atoms with Crippen molar-refractivity contribution in [1.82, 2.24) is 9.88 Å². The van der Waals surface area contributed by atoms with Crippen LogP contribution < -0.4 is 10.9 Å². The number of thiophene rings is 1. The number of hydrogen-bond donors (Lipinski definition) is 1. The minimum atomic E-state index is -0.185. The van der Waals surface area contributed by atoms with E-state index in [2.05, 4.69) is 5.32 Å². The number of aryl methyl sites for hydroxylation is 3. The van der Waals surface area contributed by atoms with E-state index in [-0.39, 0.29) is 11.5 Å². The first-order valence-electron chi connectivity index (χ1n) is 8.47. The summed E-state index contributed by atoms with van der Waals surface area (Å²) in [5.41, 5.74) is 2.66. The molecule has 0 aliphatic rings. The Bertz CT molecular complexity index is 968. The van der Waals surface area contributed by atoms with Crippen LogP contribution in [0.4, 0.5) is 0 Å². The zero-order valence-electron chi connectivity index (χ0n) is 14.8.